The van der Waals surface area contributed by atoms with Gasteiger partial charge in [-0.25, -0.2) is 0 Å². The first kappa shape index (κ1) is 19.9. The zero-order valence-electron chi connectivity index (χ0n) is 15.6. The van der Waals surface area contributed by atoms with E-state index >= 15 is 0 Å². The highest BCUT2D eigenvalue weighted by Crippen LogP contribution is 2.20. The third-order valence-electron chi connectivity index (χ3n) is 4.36. The van der Waals surface area contributed by atoms with Crippen LogP contribution in [0.1, 0.15) is 50.9 Å². The number of carbonyl (C=O) groups excluding carboxylic acids is 1. The van der Waals surface area contributed by atoms with Gasteiger partial charge in [0.15, 0.2) is 5.15 Å². The Hall–Kier alpha value is -1.40. The summed E-state index contributed by atoms with van der Waals surface area (Å²) < 4.78 is 5.61. The molecule has 1 N–H and O–H groups in total. The fourth-order valence-electron chi connectivity index (χ4n) is 2.94. The fraction of sp³-hybridized carbons (Fsp3) is 0.722. The zero-order chi connectivity index (χ0) is 18.4. The van der Waals surface area contributed by atoms with Crippen LogP contribution in [-0.2, 0) is 0 Å². The Morgan fingerprint density at radius 2 is 2.16 bits per heavy atom. The topological polar surface area (TPSA) is 67.3 Å². The molecular weight excluding hydrogens is 340 g/mol. The molecule has 2 heterocycles. The van der Waals surface area contributed by atoms with Gasteiger partial charge in [-0.2, -0.15) is 0 Å². The van der Waals surface area contributed by atoms with Crippen molar-refractivity contribution in [2.24, 2.45) is 11.8 Å². The molecule has 1 amide bonds. The van der Waals surface area contributed by atoms with Crippen molar-refractivity contribution < 1.29 is 9.53 Å². The van der Waals surface area contributed by atoms with Gasteiger partial charge in [0, 0.05) is 19.1 Å². The molecule has 0 spiro atoms. The first-order valence-electron chi connectivity index (χ1n) is 9.05. The third kappa shape index (κ3) is 6.12. The number of nitrogens with one attached hydrogen (secondary N) is 1. The predicted octanol–water partition coefficient (Wildman–Crippen LogP) is 3.02. The summed E-state index contributed by atoms with van der Waals surface area (Å²) in [6.45, 7) is 11.8. The van der Waals surface area contributed by atoms with E-state index in [-0.39, 0.29) is 16.9 Å². The molecule has 0 aromatic carbocycles. The van der Waals surface area contributed by atoms with Crippen LogP contribution in [0.2, 0.25) is 5.15 Å². The molecule has 1 atom stereocenters. The van der Waals surface area contributed by atoms with E-state index in [2.05, 4.69) is 34.3 Å². The van der Waals surface area contributed by atoms with Gasteiger partial charge in [-0.3, -0.25) is 4.79 Å². The number of amides is 1. The van der Waals surface area contributed by atoms with Crippen molar-refractivity contribution in [2.75, 3.05) is 26.2 Å². The summed E-state index contributed by atoms with van der Waals surface area (Å²) >= 11 is 5.91. The van der Waals surface area contributed by atoms with Crippen LogP contribution in [0.25, 0.3) is 0 Å². The van der Waals surface area contributed by atoms with Gasteiger partial charge in [-0.05, 0) is 51.1 Å². The van der Waals surface area contributed by atoms with Crippen molar-refractivity contribution in [3.05, 3.63) is 16.8 Å². The van der Waals surface area contributed by atoms with Crippen molar-refractivity contribution in [3.63, 3.8) is 0 Å². The summed E-state index contributed by atoms with van der Waals surface area (Å²) in [4.78, 5) is 15.0. The second-order valence-corrected chi connectivity index (χ2v) is 7.78. The Morgan fingerprint density at radius 3 is 2.84 bits per heavy atom. The van der Waals surface area contributed by atoms with Crippen molar-refractivity contribution in [3.8, 4) is 5.88 Å². The first-order chi connectivity index (χ1) is 11.9. The minimum absolute atomic E-state index is 0.186. The lowest BCUT2D eigenvalue weighted by molar-refractivity contribution is 0.0916. The average molecular weight is 369 g/mol. The Bertz CT molecular complexity index is 580. The minimum atomic E-state index is -0.211. The molecule has 25 heavy (non-hydrogen) atoms. The number of nitrogens with zero attached hydrogens (tertiary/aromatic N) is 3. The first-order valence-corrected chi connectivity index (χ1v) is 9.43. The van der Waals surface area contributed by atoms with E-state index < -0.39 is 0 Å². The quantitative estimate of drug-likeness (QED) is 0.801. The largest absolute Gasteiger partial charge is 0.476 e. The van der Waals surface area contributed by atoms with Crippen LogP contribution in [0, 0.1) is 11.8 Å². The normalized spacial score (nSPS) is 18.6. The minimum Gasteiger partial charge on any atom is -0.476 e. The van der Waals surface area contributed by atoms with Crippen molar-refractivity contribution in [1.29, 1.82) is 0 Å². The lowest BCUT2D eigenvalue weighted by Crippen LogP contribution is -2.43. The van der Waals surface area contributed by atoms with E-state index in [1.54, 1.807) is 0 Å². The maximum atomic E-state index is 12.6. The number of piperidine rings is 1. The van der Waals surface area contributed by atoms with E-state index in [4.69, 9.17) is 16.3 Å². The highest BCUT2D eigenvalue weighted by Gasteiger charge is 2.23. The molecule has 0 unspecified atom stereocenters. The molecule has 0 saturated carbocycles. The SMILES string of the molecule is CC(C)COc1nnc(Cl)cc1C(=O)NC[C@H]1CCCN(C(C)C)C1. The standard InChI is InChI=1S/C18H29ClN4O2/c1-12(2)11-25-18-15(8-16(19)21-22-18)17(24)20-9-14-6-5-7-23(10-14)13(3)4/h8,12-14H,5-7,9-11H2,1-4H3,(H,20,24)/t14-/m1/s1. The summed E-state index contributed by atoms with van der Waals surface area (Å²) in [5.74, 6) is 0.823. The molecule has 6 nitrogen and oxygen atoms in total. The monoisotopic (exact) mass is 368 g/mol. The Kier molecular flexibility index (Phi) is 7.44. The van der Waals surface area contributed by atoms with Gasteiger partial charge in [0.25, 0.3) is 5.91 Å². The van der Waals surface area contributed by atoms with Crippen molar-refractivity contribution in [2.45, 2.75) is 46.6 Å². The van der Waals surface area contributed by atoms with E-state index in [0.29, 0.717) is 36.6 Å². The second kappa shape index (κ2) is 9.34. The second-order valence-electron chi connectivity index (χ2n) is 7.40. The molecule has 1 saturated heterocycles. The van der Waals surface area contributed by atoms with Crippen molar-refractivity contribution in [1.82, 2.24) is 20.4 Å². The molecule has 1 aliphatic rings. The number of halogens is 1. The fourth-order valence-corrected chi connectivity index (χ4v) is 3.08. The van der Waals surface area contributed by atoms with Gasteiger partial charge in [0.05, 0.1) is 6.61 Å². The Balaban J connectivity index is 1.96. The summed E-state index contributed by atoms with van der Waals surface area (Å²) in [6.07, 6.45) is 2.31. The lowest BCUT2D eigenvalue weighted by atomic mass is 9.97. The zero-order valence-corrected chi connectivity index (χ0v) is 16.3. The van der Waals surface area contributed by atoms with Gasteiger partial charge in [-0.1, -0.05) is 25.4 Å². The number of likely N-dealkylation sites (tertiary alicyclic amines) is 1. The number of ether oxygens (including phenoxy) is 1. The number of hydrogen-bond donors (Lipinski definition) is 1. The predicted molar refractivity (Wildman–Crippen MR) is 99.1 cm³/mol. The highest BCUT2D eigenvalue weighted by molar-refractivity contribution is 6.29. The van der Waals surface area contributed by atoms with Gasteiger partial charge in [0.2, 0.25) is 5.88 Å². The van der Waals surface area contributed by atoms with Crippen LogP contribution in [-0.4, -0.2) is 53.3 Å². The van der Waals surface area contributed by atoms with E-state index in [1.807, 2.05) is 13.8 Å². The van der Waals surface area contributed by atoms with E-state index in [9.17, 15) is 4.79 Å². The molecule has 0 bridgehead atoms. The Labute approximate surface area is 155 Å². The molecule has 2 rings (SSSR count). The van der Waals surface area contributed by atoms with Crippen LogP contribution in [0.4, 0.5) is 0 Å². The molecule has 1 aromatic heterocycles. The van der Waals surface area contributed by atoms with Crippen LogP contribution in [0.15, 0.2) is 6.07 Å². The summed E-state index contributed by atoms with van der Waals surface area (Å²) in [6, 6.07) is 2.05. The van der Waals surface area contributed by atoms with Gasteiger partial charge >= 0.3 is 0 Å². The van der Waals surface area contributed by atoms with Gasteiger partial charge in [-0.15, -0.1) is 10.2 Å². The molecule has 7 heteroatoms. The molecular formula is C18H29ClN4O2. The molecule has 140 valence electrons. The smallest absolute Gasteiger partial charge is 0.256 e. The van der Waals surface area contributed by atoms with Crippen LogP contribution >= 0.6 is 11.6 Å². The number of rotatable bonds is 7. The highest BCUT2D eigenvalue weighted by atomic mass is 35.5. The van der Waals surface area contributed by atoms with E-state index in [0.717, 1.165) is 19.5 Å². The van der Waals surface area contributed by atoms with Gasteiger partial charge in [0.1, 0.15) is 5.56 Å². The van der Waals surface area contributed by atoms with Gasteiger partial charge < -0.3 is 15.0 Å². The van der Waals surface area contributed by atoms with Crippen LogP contribution < -0.4 is 10.1 Å². The maximum absolute atomic E-state index is 12.6. The van der Waals surface area contributed by atoms with Crippen LogP contribution in [0.3, 0.4) is 0 Å². The number of carbonyl (C=O) groups is 1. The van der Waals surface area contributed by atoms with E-state index in [1.165, 1.54) is 12.5 Å². The third-order valence-corrected chi connectivity index (χ3v) is 4.54. The van der Waals surface area contributed by atoms with Crippen molar-refractivity contribution >= 4 is 17.5 Å². The molecule has 1 aromatic rings. The van der Waals surface area contributed by atoms with Crippen LogP contribution in [0.5, 0.6) is 5.88 Å². The Morgan fingerprint density at radius 1 is 1.40 bits per heavy atom. The number of hydrogen-bond acceptors (Lipinski definition) is 5. The maximum Gasteiger partial charge on any atom is 0.256 e. The molecule has 0 radical (unpaired) electrons. The summed E-state index contributed by atoms with van der Waals surface area (Å²) in [5.41, 5.74) is 0.345. The molecule has 1 fully saturated rings. The molecule has 1 aliphatic heterocycles. The summed E-state index contributed by atoms with van der Waals surface area (Å²) in [7, 11) is 0. The summed E-state index contributed by atoms with van der Waals surface area (Å²) in [5, 5.41) is 10.9. The lowest BCUT2D eigenvalue weighted by Gasteiger charge is -2.35. The average Bonchev–Trinajstić information content (AvgIpc) is 2.58. The molecule has 0 aliphatic carbocycles. The number of aromatic nitrogens is 2.